The molecule has 152 valence electrons. The monoisotopic (exact) mass is 470 g/mol. The molecule has 1 amide bonds. The van der Waals surface area contributed by atoms with Crippen LogP contribution in [0.3, 0.4) is 0 Å². The van der Waals surface area contributed by atoms with Crippen molar-refractivity contribution in [3.63, 3.8) is 0 Å². The maximum atomic E-state index is 13.3. The fourth-order valence-electron chi connectivity index (χ4n) is 2.87. The Hall–Kier alpha value is -3.33. The van der Waals surface area contributed by atoms with Gasteiger partial charge >= 0.3 is 0 Å². The molecule has 1 N–H and O–H groups in total. The van der Waals surface area contributed by atoms with Crippen LogP contribution in [0.2, 0.25) is 0 Å². The van der Waals surface area contributed by atoms with Crippen LogP contribution in [0, 0.1) is 12.7 Å². The summed E-state index contributed by atoms with van der Waals surface area (Å²) in [6.07, 6.45) is 0. The summed E-state index contributed by atoms with van der Waals surface area (Å²) in [5, 5.41) is 7.24. The molecule has 30 heavy (non-hydrogen) atoms. The Bertz CT molecular complexity index is 1210. The van der Waals surface area contributed by atoms with Gasteiger partial charge in [0.2, 0.25) is 5.88 Å². The highest BCUT2D eigenvalue weighted by Crippen LogP contribution is 2.33. The van der Waals surface area contributed by atoms with E-state index in [1.807, 2.05) is 24.3 Å². The van der Waals surface area contributed by atoms with E-state index >= 15 is 0 Å². The molecule has 0 radical (unpaired) electrons. The van der Waals surface area contributed by atoms with Crippen LogP contribution in [-0.4, -0.2) is 27.6 Å². The molecule has 0 unspecified atom stereocenters. The third-order valence-electron chi connectivity index (χ3n) is 4.25. The molecule has 2 aromatic heterocycles. The third kappa shape index (κ3) is 4.46. The number of ether oxygens (including phenoxy) is 1. The number of carbonyl (C=O) groups is 1. The van der Waals surface area contributed by atoms with Crippen LogP contribution in [0.25, 0.3) is 22.4 Å². The van der Waals surface area contributed by atoms with Gasteiger partial charge in [0.25, 0.3) is 11.6 Å². The lowest BCUT2D eigenvalue weighted by atomic mass is 10.1. The number of aromatic nitrogens is 3. The highest BCUT2D eigenvalue weighted by molar-refractivity contribution is 9.10. The van der Waals surface area contributed by atoms with E-state index in [0.717, 1.165) is 10.0 Å². The Balaban J connectivity index is 1.52. The molecule has 2 heterocycles. The van der Waals surface area contributed by atoms with E-state index in [2.05, 4.69) is 36.4 Å². The van der Waals surface area contributed by atoms with Crippen LogP contribution in [0.5, 0.6) is 5.88 Å². The van der Waals surface area contributed by atoms with E-state index < -0.39 is 0 Å². The molecule has 0 bridgehead atoms. The zero-order valence-electron chi connectivity index (χ0n) is 15.9. The first kappa shape index (κ1) is 20.0. The van der Waals surface area contributed by atoms with Crippen LogP contribution in [0.15, 0.2) is 57.5 Å². The molecule has 4 aromatic rings. The second-order valence-corrected chi connectivity index (χ2v) is 7.41. The van der Waals surface area contributed by atoms with E-state index in [1.165, 1.54) is 12.1 Å². The first-order chi connectivity index (χ1) is 14.5. The van der Waals surface area contributed by atoms with Gasteiger partial charge in [-0.15, -0.1) is 0 Å². The Kier molecular flexibility index (Phi) is 5.71. The van der Waals surface area contributed by atoms with Crippen molar-refractivity contribution in [2.45, 2.75) is 13.5 Å². The normalized spacial score (nSPS) is 10.9. The number of carbonyl (C=O) groups excluding carboxylic acids is 1. The summed E-state index contributed by atoms with van der Waals surface area (Å²) in [6.45, 7) is 1.81. The zero-order valence-corrected chi connectivity index (χ0v) is 17.4. The predicted octanol–water partition coefficient (Wildman–Crippen LogP) is 4.19. The van der Waals surface area contributed by atoms with Gasteiger partial charge in [-0.3, -0.25) is 4.79 Å². The molecule has 0 atom stereocenters. The fraction of sp³-hybridized carbons (Fsp3) is 0.143. The molecule has 0 fully saturated rings. The smallest absolute Gasteiger partial charge is 0.265 e. The Morgan fingerprint density at radius 2 is 2.00 bits per heavy atom. The summed E-state index contributed by atoms with van der Waals surface area (Å²) in [5.74, 6) is -0.0825. The van der Waals surface area contributed by atoms with E-state index in [1.54, 1.807) is 19.1 Å². The summed E-state index contributed by atoms with van der Waals surface area (Å²) in [5.41, 5.74) is 2.21. The van der Waals surface area contributed by atoms with Crippen molar-refractivity contribution in [1.82, 2.24) is 20.4 Å². The molecule has 0 aliphatic carbocycles. The molecule has 0 spiro atoms. The Morgan fingerprint density at radius 1 is 1.20 bits per heavy atom. The largest absolute Gasteiger partial charge is 0.467 e. The number of nitrogens with zero attached hydrogens (tertiary/aromatic N) is 3. The van der Waals surface area contributed by atoms with Crippen LogP contribution in [0.4, 0.5) is 4.39 Å². The lowest BCUT2D eigenvalue weighted by Crippen LogP contribution is -2.28. The average molecular weight is 471 g/mol. The minimum Gasteiger partial charge on any atom is -0.467 e. The van der Waals surface area contributed by atoms with Crippen LogP contribution in [0.1, 0.15) is 11.4 Å². The van der Waals surface area contributed by atoms with Gasteiger partial charge < -0.3 is 14.6 Å². The van der Waals surface area contributed by atoms with Crippen LogP contribution < -0.4 is 10.1 Å². The minimum atomic E-state index is -0.364. The van der Waals surface area contributed by atoms with Gasteiger partial charge in [-0.2, -0.15) is 9.97 Å². The number of fused-ring (bicyclic) bond motifs is 1. The van der Waals surface area contributed by atoms with Crippen molar-refractivity contribution >= 4 is 32.9 Å². The van der Waals surface area contributed by atoms with Gasteiger partial charge in [-0.1, -0.05) is 33.2 Å². The quantitative estimate of drug-likeness (QED) is 0.454. The van der Waals surface area contributed by atoms with Gasteiger partial charge in [-0.25, -0.2) is 4.39 Å². The van der Waals surface area contributed by atoms with Crippen molar-refractivity contribution < 1.29 is 18.4 Å². The molecule has 0 saturated heterocycles. The summed E-state index contributed by atoms with van der Waals surface area (Å²) >= 11 is 3.40. The molecule has 4 rings (SSSR count). The summed E-state index contributed by atoms with van der Waals surface area (Å²) < 4.78 is 25.2. The molecule has 2 aromatic carbocycles. The minimum absolute atomic E-state index is 0.177. The van der Waals surface area contributed by atoms with Gasteiger partial charge in [0.15, 0.2) is 6.61 Å². The van der Waals surface area contributed by atoms with Crippen LogP contribution >= 0.6 is 15.9 Å². The molecular formula is C21H16BrFN4O3. The lowest BCUT2D eigenvalue weighted by Gasteiger charge is -2.09. The first-order valence-electron chi connectivity index (χ1n) is 9.03. The topological polar surface area (TPSA) is 90.1 Å². The molecule has 9 heteroatoms. The number of nitrogens with one attached hydrogen (secondary N) is 1. The van der Waals surface area contributed by atoms with Crippen LogP contribution in [-0.2, 0) is 11.3 Å². The van der Waals surface area contributed by atoms with Gasteiger partial charge in [0.1, 0.15) is 22.7 Å². The maximum Gasteiger partial charge on any atom is 0.265 e. The zero-order chi connectivity index (χ0) is 21.1. The van der Waals surface area contributed by atoms with Gasteiger partial charge in [-0.05, 0) is 48.9 Å². The first-order valence-corrected chi connectivity index (χ1v) is 9.83. The number of aryl methyl sites for hydroxylation is 1. The number of benzene rings is 2. The Labute approximate surface area is 179 Å². The summed E-state index contributed by atoms with van der Waals surface area (Å²) in [4.78, 5) is 20.8. The van der Waals surface area contributed by atoms with Crippen molar-refractivity contribution in [3.05, 3.63) is 70.2 Å². The van der Waals surface area contributed by atoms with E-state index in [4.69, 9.17) is 9.26 Å². The number of rotatable bonds is 6. The average Bonchev–Trinajstić information content (AvgIpc) is 3.15. The third-order valence-corrected chi connectivity index (χ3v) is 4.74. The number of amides is 1. The van der Waals surface area contributed by atoms with E-state index in [-0.39, 0.29) is 29.9 Å². The SMILES string of the molecule is Cc1nc(OCC(=O)NCc2cccc(Br)c2)c2c(-c3ccc(F)cc3)noc2n1. The maximum absolute atomic E-state index is 13.3. The lowest BCUT2D eigenvalue weighted by molar-refractivity contribution is -0.123. The molecule has 0 saturated carbocycles. The molecule has 7 nitrogen and oxygen atoms in total. The van der Waals surface area contributed by atoms with E-state index in [9.17, 15) is 9.18 Å². The van der Waals surface area contributed by atoms with Gasteiger partial charge in [0.05, 0.1) is 0 Å². The molecular weight excluding hydrogens is 455 g/mol. The standard InChI is InChI=1S/C21H16BrFN4O3/c1-12-25-20(29-11-17(28)24-10-13-3-2-4-15(22)9-13)18-19(27-30-21(18)26-12)14-5-7-16(23)8-6-14/h2-9H,10-11H2,1H3,(H,24,28). The fourth-order valence-corrected chi connectivity index (χ4v) is 3.31. The van der Waals surface area contributed by atoms with Crippen molar-refractivity contribution in [2.75, 3.05) is 6.61 Å². The summed E-state index contributed by atoms with van der Waals surface area (Å²) in [7, 11) is 0. The highest BCUT2D eigenvalue weighted by Gasteiger charge is 2.20. The molecule has 0 aliphatic rings. The number of halogens is 2. The Morgan fingerprint density at radius 3 is 2.77 bits per heavy atom. The van der Waals surface area contributed by atoms with Crippen molar-refractivity contribution in [3.8, 4) is 17.1 Å². The van der Waals surface area contributed by atoms with Gasteiger partial charge in [0, 0.05) is 16.6 Å². The number of hydrogen-bond acceptors (Lipinski definition) is 6. The highest BCUT2D eigenvalue weighted by atomic mass is 79.9. The second-order valence-electron chi connectivity index (χ2n) is 6.49. The van der Waals surface area contributed by atoms with Crippen molar-refractivity contribution in [1.29, 1.82) is 0 Å². The van der Waals surface area contributed by atoms with E-state index in [0.29, 0.717) is 29.0 Å². The van der Waals surface area contributed by atoms with Crippen molar-refractivity contribution in [2.24, 2.45) is 0 Å². The number of hydrogen-bond donors (Lipinski definition) is 1. The second kappa shape index (κ2) is 8.58. The molecule has 0 aliphatic heterocycles. The summed E-state index contributed by atoms with van der Waals surface area (Å²) in [6, 6.07) is 13.4. The predicted molar refractivity (Wildman–Crippen MR) is 111 cm³/mol.